The van der Waals surface area contributed by atoms with Crippen molar-refractivity contribution in [3.63, 3.8) is 0 Å². The van der Waals surface area contributed by atoms with Crippen LogP contribution in [0.15, 0.2) is 18.3 Å². The van der Waals surface area contributed by atoms with Gasteiger partial charge in [0.15, 0.2) is 0 Å². The summed E-state index contributed by atoms with van der Waals surface area (Å²) in [5, 5.41) is 5.66. The molecule has 1 aromatic rings. The Hall–Kier alpha value is -2.15. The second-order valence-corrected chi connectivity index (χ2v) is 5.82. The van der Waals surface area contributed by atoms with Crippen LogP contribution in [0.5, 0.6) is 5.88 Å². The Morgan fingerprint density at radius 1 is 1.29 bits per heavy atom. The fourth-order valence-electron chi connectivity index (χ4n) is 2.31. The second-order valence-electron chi connectivity index (χ2n) is 5.82. The fourth-order valence-corrected chi connectivity index (χ4v) is 2.31. The number of hydrogen-bond acceptors (Lipinski definition) is 5. The number of methoxy groups -OCH3 is 1. The zero-order valence-electron chi connectivity index (χ0n) is 14.0. The van der Waals surface area contributed by atoms with Gasteiger partial charge in [-0.3, -0.25) is 9.59 Å². The van der Waals surface area contributed by atoms with Crippen LogP contribution in [-0.4, -0.2) is 43.6 Å². The highest BCUT2D eigenvalue weighted by atomic mass is 16.5. The Balaban J connectivity index is 1.49. The van der Waals surface area contributed by atoms with Crippen molar-refractivity contribution in [2.45, 2.75) is 32.3 Å². The number of pyridine rings is 1. The van der Waals surface area contributed by atoms with E-state index >= 15 is 0 Å². The van der Waals surface area contributed by atoms with Crippen molar-refractivity contribution in [2.75, 3.05) is 26.8 Å². The Morgan fingerprint density at radius 3 is 2.79 bits per heavy atom. The molecule has 132 valence electrons. The molecule has 0 aliphatic heterocycles. The fraction of sp³-hybridized carbons (Fsp3) is 0.588. The highest BCUT2D eigenvalue weighted by Crippen LogP contribution is 2.25. The van der Waals surface area contributed by atoms with E-state index in [1.165, 1.54) is 0 Å². The monoisotopic (exact) mass is 335 g/mol. The summed E-state index contributed by atoms with van der Waals surface area (Å²) in [6.45, 7) is 1.44. The van der Waals surface area contributed by atoms with Gasteiger partial charge in [-0.1, -0.05) is 6.42 Å². The third-order valence-corrected chi connectivity index (χ3v) is 3.96. The summed E-state index contributed by atoms with van der Waals surface area (Å²) in [6.07, 6.45) is 5.51. The molecule has 0 atom stereocenters. The number of rotatable bonds is 10. The molecule has 2 amide bonds. The minimum absolute atomic E-state index is 0.000921. The number of ether oxygens (including phenoxy) is 2. The van der Waals surface area contributed by atoms with Crippen molar-refractivity contribution in [3.05, 3.63) is 23.9 Å². The van der Waals surface area contributed by atoms with Gasteiger partial charge in [0.1, 0.15) is 6.61 Å². The summed E-state index contributed by atoms with van der Waals surface area (Å²) in [5.74, 6) is 0.703. The van der Waals surface area contributed by atoms with E-state index in [1.807, 2.05) is 6.07 Å². The second kappa shape index (κ2) is 9.87. The van der Waals surface area contributed by atoms with Crippen LogP contribution in [0.2, 0.25) is 0 Å². The largest absolute Gasteiger partial charge is 0.481 e. The predicted molar refractivity (Wildman–Crippen MR) is 88.4 cm³/mol. The Morgan fingerprint density at radius 2 is 2.08 bits per heavy atom. The first kappa shape index (κ1) is 18.2. The molecule has 1 aliphatic carbocycles. The molecule has 7 heteroatoms. The maximum atomic E-state index is 11.7. The van der Waals surface area contributed by atoms with E-state index in [9.17, 15) is 9.59 Å². The molecule has 0 radical (unpaired) electrons. The van der Waals surface area contributed by atoms with E-state index in [0.717, 1.165) is 24.8 Å². The lowest BCUT2D eigenvalue weighted by molar-refractivity contribution is -0.127. The van der Waals surface area contributed by atoms with Crippen LogP contribution >= 0.6 is 0 Å². The van der Waals surface area contributed by atoms with E-state index in [2.05, 4.69) is 15.6 Å². The molecule has 0 aromatic carbocycles. The van der Waals surface area contributed by atoms with Crippen LogP contribution in [0.1, 0.15) is 31.2 Å². The molecule has 7 nitrogen and oxygen atoms in total. The maximum absolute atomic E-state index is 11.7. The zero-order valence-corrected chi connectivity index (χ0v) is 14.0. The third-order valence-electron chi connectivity index (χ3n) is 3.96. The topological polar surface area (TPSA) is 89.5 Å². The summed E-state index contributed by atoms with van der Waals surface area (Å²) < 4.78 is 10.4. The molecule has 2 rings (SSSR count). The number of nitrogens with one attached hydrogen (secondary N) is 2. The van der Waals surface area contributed by atoms with Gasteiger partial charge in [-0.2, -0.15) is 0 Å². The average molecular weight is 335 g/mol. The van der Waals surface area contributed by atoms with Gasteiger partial charge in [-0.05, 0) is 30.9 Å². The van der Waals surface area contributed by atoms with Crippen LogP contribution in [0.3, 0.4) is 0 Å². The molecule has 0 saturated heterocycles. The molecule has 24 heavy (non-hydrogen) atoms. The first-order valence-electron chi connectivity index (χ1n) is 8.30. The number of amides is 2. The van der Waals surface area contributed by atoms with E-state index in [0.29, 0.717) is 32.0 Å². The van der Waals surface area contributed by atoms with Gasteiger partial charge in [0, 0.05) is 31.3 Å². The molecule has 0 unspecified atom stereocenters. The number of hydrogen-bond donors (Lipinski definition) is 2. The average Bonchev–Trinajstić information content (AvgIpc) is 2.53. The smallest absolute Gasteiger partial charge is 0.246 e. The Kier molecular flexibility index (Phi) is 7.48. The molecular formula is C17H25N3O4. The van der Waals surface area contributed by atoms with Gasteiger partial charge in [-0.15, -0.1) is 0 Å². The van der Waals surface area contributed by atoms with Crippen molar-refractivity contribution >= 4 is 11.8 Å². The van der Waals surface area contributed by atoms with Crippen molar-refractivity contribution in [1.82, 2.24) is 15.6 Å². The number of aromatic nitrogens is 1. The van der Waals surface area contributed by atoms with Gasteiger partial charge in [0.05, 0.1) is 13.7 Å². The van der Waals surface area contributed by atoms with Crippen LogP contribution in [0.4, 0.5) is 0 Å². The summed E-state index contributed by atoms with van der Waals surface area (Å²) in [7, 11) is 1.55. The van der Waals surface area contributed by atoms with Crippen molar-refractivity contribution in [3.8, 4) is 5.88 Å². The van der Waals surface area contributed by atoms with E-state index in [4.69, 9.17) is 9.47 Å². The van der Waals surface area contributed by atoms with Crippen molar-refractivity contribution in [2.24, 2.45) is 5.92 Å². The molecule has 0 bridgehead atoms. The summed E-state index contributed by atoms with van der Waals surface area (Å²) in [4.78, 5) is 27.3. The summed E-state index contributed by atoms with van der Waals surface area (Å²) >= 11 is 0. The molecule has 1 aromatic heterocycles. The molecule has 2 N–H and O–H groups in total. The molecule has 0 spiro atoms. The quantitative estimate of drug-likeness (QED) is 0.623. The van der Waals surface area contributed by atoms with Crippen molar-refractivity contribution in [1.29, 1.82) is 0 Å². The first-order chi connectivity index (χ1) is 11.7. The molecule has 1 saturated carbocycles. The lowest BCUT2D eigenvalue weighted by atomic mass is 9.85. The van der Waals surface area contributed by atoms with Gasteiger partial charge in [0.25, 0.3) is 0 Å². The Bertz CT molecular complexity index is 546. The van der Waals surface area contributed by atoms with Gasteiger partial charge >= 0.3 is 0 Å². The third kappa shape index (κ3) is 6.16. The SMILES string of the molecule is COc1cc(COCC(=O)NCCCNC(=O)C2CCC2)ccn1. The number of nitrogens with zero attached hydrogens (tertiary/aromatic N) is 1. The highest BCUT2D eigenvalue weighted by Gasteiger charge is 2.24. The standard InChI is InChI=1S/C17H25N3O4/c1-23-16-10-13(6-9-19-16)11-24-12-15(21)18-7-3-8-20-17(22)14-4-2-5-14/h6,9-10,14H,2-5,7-8,11-12H2,1H3,(H,18,21)(H,20,22). The van der Waals surface area contributed by atoms with Gasteiger partial charge < -0.3 is 20.1 Å². The lowest BCUT2D eigenvalue weighted by Crippen LogP contribution is -2.36. The van der Waals surface area contributed by atoms with E-state index in [1.54, 1.807) is 19.4 Å². The minimum atomic E-state index is -0.165. The van der Waals surface area contributed by atoms with Gasteiger partial charge in [0.2, 0.25) is 17.7 Å². The van der Waals surface area contributed by atoms with Crippen molar-refractivity contribution < 1.29 is 19.1 Å². The van der Waals surface area contributed by atoms with Crippen LogP contribution in [0.25, 0.3) is 0 Å². The normalized spacial score (nSPS) is 13.9. The number of carbonyl (C=O) groups excluding carboxylic acids is 2. The molecule has 1 fully saturated rings. The Labute approximate surface area is 142 Å². The summed E-state index contributed by atoms with van der Waals surface area (Å²) in [5.41, 5.74) is 0.897. The highest BCUT2D eigenvalue weighted by molar-refractivity contribution is 5.79. The van der Waals surface area contributed by atoms with Crippen LogP contribution < -0.4 is 15.4 Å². The molecule has 1 aliphatic rings. The first-order valence-corrected chi connectivity index (χ1v) is 8.30. The van der Waals surface area contributed by atoms with E-state index in [-0.39, 0.29) is 24.3 Å². The summed E-state index contributed by atoms with van der Waals surface area (Å²) in [6, 6.07) is 3.58. The molecular weight excluding hydrogens is 310 g/mol. The zero-order chi connectivity index (χ0) is 17.2. The van der Waals surface area contributed by atoms with Gasteiger partial charge in [-0.25, -0.2) is 4.98 Å². The van der Waals surface area contributed by atoms with Crippen LogP contribution in [-0.2, 0) is 20.9 Å². The molecule has 1 heterocycles. The van der Waals surface area contributed by atoms with Crippen LogP contribution in [0, 0.1) is 5.92 Å². The maximum Gasteiger partial charge on any atom is 0.246 e. The lowest BCUT2D eigenvalue weighted by Gasteiger charge is -2.23. The van der Waals surface area contributed by atoms with E-state index < -0.39 is 0 Å². The minimum Gasteiger partial charge on any atom is -0.481 e. The predicted octanol–water partition coefficient (Wildman–Crippen LogP) is 1.03. The number of carbonyl (C=O) groups is 2.